The average molecular weight is 775 g/mol. The molecule has 4 amide bonds. The first-order valence-electron chi connectivity index (χ1n) is 20.3. The predicted octanol–water partition coefficient (Wildman–Crippen LogP) is 3.86. The number of urea groups is 1. The van der Waals surface area contributed by atoms with E-state index in [1.165, 1.54) is 0 Å². The third-order valence-electron chi connectivity index (χ3n) is 11.2. The molecule has 0 aromatic heterocycles. The summed E-state index contributed by atoms with van der Waals surface area (Å²) in [5.74, 6) is -3.19. The third kappa shape index (κ3) is 13.8. The largest absolute Gasteiger partial charge is 0.480 e. The number of amides is 4. The van der Waals surface area contributed by atoms with Crippen LogP contribution in [0.1, 0.15) is 89.2 Å². The monoisotopic (exact) mass is 774 g/mol. The molecule has 0 unspecified atom stereocenters. The molecule has 4 rings (SSSR count). The van der Waals surface area contributed by atoms with E-state index in [0.717, 1.165) is 24.1 Å². The van der Waals surface area contributed by atoms with E-state index >= 15 is 0 Å². The molecule has 2 aromatic carbocycles. The van der Waals surface area contributed by atoms with Crippen molar-refractivity contribution >= 4 is 35.4 Å². The number of primary amides is 1. The van der Waals surface area contributed by atoms with Gasteiger partial charge in [-0.2, -0.15) is 0 Å². The van der Waals surface area contributed by atoms with Gasteiger partial charge in [0.2, 0.25) is 11.8 Å². The summed E-state index contributed by atoms with van der Waals surface area (Å²) in [6.07, 6.45) is 5.16. The quantitative estimate of drug-likeness (QED) is 0.110. The minimum absolute atomic E-state index is 0.0472. The Hall–Kier alpha value is -4.62. The SMILES string of the molecule is CC(C)C[C@@H](NC(=O)[C@H](CC(=O)[C@H](N)Cc1ccccc1)Cc1ccccc1)C(=O)C[C@H](CCCCNC(N)=O)C(=O)N1CCC(N2CCC[C@H]2C(=O)O)CC1. The van der Waals surface area contributed by atoms with Gasteiger partial charge in [0.1, 0.15) is 6.04 Å². The fourth-order valence-electron chi connectivity index (χ4n) is 8.16. The first kappa shape index (κ1) is 44.1. The number of piperidine rings is 1. The summed E-state index contributed by atoms with van der Waals surface area (Å²) < 4.78 is 0. The Kier molecular flexibility index (Phi) is 17.5. The Morgan fingerprint density at radius 3 is 2.00 bits per heavy atom. The van der Waals surface area contributed by atoms with Gasteiger partial charge in [0.05, 0.1) is 12.1 Å². The molecule has 2 aromatic rings. The summed E-state index contributed by atoms with van der Waals surface area (Å²) in [7, 11) is 0. The number of nitrogens with zero attached hydrogens (tertiary/aromatic N) is 2. The van der Waals surface area contributed by atoms with Crippen LogP contribution in [0.3, 0.4) is 0 Å². The van der Waals surface area contributed by atoms with Gasteiger partial charge in [-0.1, -0.05) is 80.9 Å². The molecule has 0 radical (unpaired) electrons. The van der Waals surface area contributed by atoms with E-state index in [0.29, 0.717) is 77.4 Å². The van der Waals surface area contributed by atoms with Crippen LogP contribution < -0.4 is 22.1 Å². The zero-order chi connectivity index (χ0) is 40.6. The maximum atomic E-state index is 14.2. The zero-order valence-electron chi connectivity index (χ0n) is 33.1. The van der Waals surface area contributed by atoms with Crippen molar-refractivity contribution in [3.8, 4) is 0 Å². The van der Waals surface area contributed by atoms with Crippen molar-refractivity contribution in [2.45, 2.75) is 115 Å². The van der Waals surface area contributed by atoms with Crippen molar-refractivity contribution < 1.29 is 33.9 Å². The highest BCUT2D eigenvalue weighted by Crippen LogP contribution is 2.28. The van der Waals surface area contributed by atoms with Crippen LogP contribution in [0.25, 0.3) is 0 Å². The lowest BCUT2D eigenvalue weighted by Crippen LogP contribution is -2.51. The summed E-state index contributed by atoms with van der Waals surface area (Å²) in [4.78, 5) is 82.8. The van der Waals surface area contributed by atoms with Crippen molar-refractivity contribution in [3.63, 3.8) is 0 Å². The normalized spacial score (nSPS) is 18.5. The number of carbonyl (C=O) groups excluding carboxylic acids is 5. The van der Waals surface area contributed by atoms with Gasteiger partial charge >= 0.3 is 12.0 Å². The van der Waals surface area contributed by atoms with Crippen molar-refractivity contribution in [2.24, 2.45) is 29.2 Å². The molecule has 13 nitrogen and oxygen atoms in total. The highest BCUT2D eigenvalue weighted by atomic mass is 16.4. The number of carbonyl (C=O) groups is 6. The molecule has 0 aliphatic carbocycles. The van der Waals surface area contributed by atoms with Crippen LogP contribution in [0.2, 0.25) is 0 Å². The van der Waals surface area contributed by atoms with Gasteiger partial charge in [-0.3, -0.25) is 28.9 Å². The second-order valence-corrected chi connectivity index (χ2v) is 16.0. The van der Waals surface area contributed by atoms with Crippen LogP contribution in [-0.4, -0.2) is 101 Å². The lowest BCUT2D eigenvalue weighted by Gasteiger charge is -2.39. The van der Waals surface area contributed by atoms with Gasteiger partial charge < -0.3 is 32.1 Å². The molecule has 0 bridgehead atoms. The molecule has 5 atom stereocenters. The van der Waals surface area contributed by atoms with Crippen LogP contribution in [0.4, 0.5) is 4.79 Å². The van der Waals surface area contributed by atoms with Gasteiger partial charge in [-0.25, -0.2) is 4.79 Å². The van der Waals surface area contributed by atoms with Gasteiger partial charge in [-0.15, -0.1) is 0 Å². The molecule has 0 saturated carbocycles. The number of carboxylic acids is 1. The van der Waals surface area contributed by atoms with Crippen LogP contribution in [-0.2, 0) is 36.8 Å². The second kappa shape index (κ2) is 22.2. The number of aliphatic carboxylic acids is 1. The van der Waals surface area contributed by atoms with Crippen LogP contribution >= 0.6 is 0 Å². The lowest BCUT2D eigenvalue weighted by molar-refractivity contribution is -0.145. The molecule has 2 heterocycles. The highest BCUT2D eigenvalue weighted by molar-refractivity contribution is 5.95. The van der Waals surface area contributed by atoms with Crippen molar-refractivity contribution in [1.82, 2.24) is 20.4 Å². The number of nitrogens with one attached hydrogen (secondary N) is 2. The van der Waals surface area contributed by atoms with Crippen LogP contribution in [0, 0.1) is 17.8 Å². The molecule has 2 aliphatic rings. The van der Waals surface area contributed by atoms with E-state index < -0.39 is 47.9 Å². The van der Waals surface area contributed by atoms with E-state index in [9.17, 15) is 33.9 Å². The Bertz CT molecular complexity index is 1600. The van der Waals surface area contributed by atoms with Gasteiger partial charge in [0.15, 0.2) is 11.6 Å². The standard InChI is InChI=1S/C43H62N6O7/c1-29(2)24-36(47-40(52)33(25-30-12-5-3-6-13-30)28-38(50)35(44)26-31-14-7-4-8-15-31)39(51)27-32(16-9-10-20-46-43(45)56)41(53)48-22-18-34(19-23-48)49-21-11-17-37(49)42(54)55/h3-8,12-15,29,32-37H,9-11,16-28,44H2,1-2H3,(H,47,52)(H,54,55)(H3,45,46,56)/t32-,33-,35+,36+,37-/m0/s1. The predicted molar refractivity (Wildman–Crippen MR) is 214 cm³/mol. The van der Waals surface area contributed by atoms with E-state index in [1.807, 2.05) is 74.5 Å². The number of nitrogens with two attached hydrogens (primary N) is 2. The number of likely N-dealkylation sites (tertiary alicyclic amines) is 2. The molecule has 2 saturated heterocycles. The highest BCUT2D eigenvalue weighted by Gasteiger charge is 2.39. The molecule has 2 aliphatic heterocycles. The fraction of sp³-hybridized carbons (Fsp3) is 0.581. The molecular weight excluding hydrogens is 713 g/mol. The molecule has 306 valence electrons. The summed E-state index contributed by atoms with van der Waals surface area (Å²) >= 11 is 0. The van der Waals surface area contributed by atoms with Crippen molar-refractivity contribution in [1.29, 1.82) is 0 Å². The molecule has 0 spiro atoms. The smallest absolute Gasteiger partial charge is 0.320 e. The number of unbranched alkanes of at least 4 members (excludes halogenated alkanes) is 1. The van der Waals surface area contributed by atoms with E-state index in [-0.39, 0.29) is 42.3 Å². The van der Waals surface area contributed by atoms with Gasteiger partial charge in [0, 0.05) is 50.4 Å². The number of carboxylic acid groups (broad SMARTS) is 1. The summed E-state index contributed by atoms with van der Waals surface area (Å²) in [6, 6.07) is 16.2. The first-order chi connectivity index (χ1) is 26.8. The van der Waals surface area contributed by atoms with Crippen LogP contribution in [0.15, 0.2) is 60.7 Å². The van der Waals surface area contributed by atoms with Crippen molar-refractivity contribution in [3.05, 3.63) is 71.8 Å². The minimum Gasteiger partial charge on any atom is -0.480 e. The number of hydrogen-bond acceptors (Lipinski definition) is 8. The summed E-state index contributed by atoms with van der Waals surface area (Å²) in [5.41, 5.74) is 13.4. The molecule has 7 N–H and O–H groups in total. The van der Waals surface area contributed by atoms with Gasteiger partial charge in [-0.05, 0) is 81.4 Å². The molecule has 13 heteroatoms. The topological polar surface area (TPSA) is 205 Å². The maximum absolute atomic E-state index is 14.2. The maximum Gasteiger partial charge on any atom is 0.320 e. The summed E-state index contributed by atoms with van der Waals surface area (Å²) in [6.45, 7) is 5.94. The van der Waals surface area contributed by atoms with Crippen LogP contribution in [0.5, 0.6) is 0 Å². The van der Waals surface area contributed by atoms with E-state index in [2.05, 4.69) is 15.5 Å². The molecule has 56 heavy (non-hydrogen) atoms. The minimum atomic E-state index is -0.866. The fourth-order valence-corrected chi connectivity index (χ4v) is 8.16. The number of rotatable bonds is 22. The van der Waals surface area contributed by atoms with Gasteiger partial charge in [0.25, 0.3) is 0 Å². The Labute approximate surface area is 331 Å². The van der Waals surface area contributed by atoms with E-state index in [1.54, 1.807) is 4.90 Å². The number of hydrogen-bond donors (Lipinski definition) is 5. The first-order valence-corrected chi connectivity index (χ1v) is 20.3. The Morgan fingerprint density at radius 2 is 1.41 bits per heavy atom. The number of benzene rings is 2. The lowest BCUT2D eigenvalue weighted by atomic mass is 9.87. The summed E-state index contributed by atoms with van der Waals surface area (Å²) in [5, 5.41) is 15.3. The van der Waals surface area contributed by atoms with Crippen molar-refractivity contribution in [2.75, 3.05) is 26.2 Å². The average Bonchev–Trinajstić information content (AvgIpc) is 3.68. The number of ketones is 2. The van der Waals surface area contributed by atoms with E-state index in [4.69, 9.17) is 11.5 Å². The Morgan fingerprint density at radius 1 is 0.804 bits per heavy atom. The number of Topliss-reactive ketones (excluding diaryl/α,β-unsaturated/α-hetero) is 2. The third-order valence-corrected chi connectivity index (χ3v) is 11.2. The molecule has 2 fully saturated rings. The second-order valence-electron chi connectivity index (χ2n) is 16.0. The Balaban J connectivity index is 1.46. The zero-order valence-corrected chi connectivity index (χ0v) is 33.1. The molecular formula is C43H62N6O7.